The summed E-state index contributed by atoms with van der Waals surface area (Å²) in [6.45, 7) is -0.142. The van der Waals surface area contributed by atoms with Crippen LogP contribution in [0.5, 0.6) is 0 Å². The van der Waals surface area contributed by atoms with Gasteiger partial charge in [0.2, 0.25) is 0 Å². The first-order valence-corrected chi connectivity index (χ1v) is 34.8. The van der Waals surface area contributed by atoms with E-state index in [9.17, 15) is 25.2 Å². The fourth-order valence-electron chi connectivity index (χ4n) is 26.4. The molecule has 20 rings (SSSR count). The first-order chi connectivity index (χ1) is 42.1. The summed E-state index contributed by atoms with van der Waals surface area (Å²) < 4.78 is 6.59. The molecule has 0 saturated heterocycles. The first kappa shape index (κ1) is 56.5. The van der Waals surface area contributed by atoms with Crippen LogP contribution < -0.4 is 5.32 Å². The number of aldehydes is 1. The van der Waals surface area contributed by atoms with Gasteiger partial charge in [-0.05, 0) is 240 Å². The van der Waals surface area contributed by atoms with Crippen LogP contribution in [0.3, 0.4) is 0 Å². The molecule has 10 nitrogen and oxygen atoms in total. The Morgan fingerprint density at radius 3 is 2.37 bits per heavy atom. The lowest BCUT2D eigenvalue weighted by Gasteiger charge is -2.75. The van der Waals surface area contributed by atoms with E-state index in [1.54, 1.807) is 6.08 Å². The van der Waals surface area contributed by atoms with Crippen LogP contribution in [0.4, 0.5) is 0 Å². The van der Waals surface area contributed by atoms with Crippen LogP contribution in [0.15, 0.2) is 90.5 Å². The number of fused-ring (bicyclic) bond motifs is 2. The highest BCUT2D eigenvalue weighted by molar-refractivity contribution is 5.86. The third-order valence-electron chi connectivity index (χ3n) is 29.4. The second kappa shape index (κ2) is 20.0. The van der Waals surface area contributed by atoms with Crippen molar-refractivity contribution in [3.63, 3.8) is 0 Å². The molecule has 1 aliphatic heterocycles. The summed E-state index contributed by atoms with van der Waals surface area (Å²) in [6, 6.07) is 24.3. The second-order valence-corrected chi connectivity index (χ2v) is 32.3. The quantitative estimate of drug-likeness (QED) is 0.0576. The lowest BCUT2D eigenvalue weighted by Crippen LogP contribution is -2.86. The van der Waals surface area contributed by atoms with Crippen molar-refractivity contribution in [2.24, 2.45) is 98.6 Å². The highest BCUT2D eigenvalue weighted by atomic mass is 16.5. The van der Waals surface area contributed by atoms with Gasteiger partial charge in [-0.2, -0.15) is 0 Å². The molecular formula is C77H93NO9. The number of aliphatic hydroxyl groups is 6. The number of carbonyl (C=O) groups excluding carboxylic acids is 2. The smallest absolute Gasteiger partial charge is 0.331 e. The summed E-state index contributed by atoms with van der Waals surface area (Å²) in [5, 5.41) is 89.4. The van der Waals surface area contributed by atoms with Gasteiger partial charge < -0.3 is 45.5 Å². The molecular weight excluding hydrogens is 1080 g/mol. The normalized spacial score (nSPS) is 48.7. The van der Waals surface area contributed by atoms with Crippen molar-refractivity contribution in [2.75, 3.05) is 7.05 Å². The number of nitrogens with one attached hydrogen (secondary N) is 1. The van der Waals surface area contributed by atoms with Gasteiger partial charge in [0.15, 0.2) is 0 Å². The summed E-state index contributed by atoms with van der Waals surface area (Å²) in [6.07, 6.45) is 21.9. The maximum atomic E-state index is 15.9. The molecule has 3 spiro atoms. The van der Waals surface area contributed by atoms with E-state index in [1.807, 2.05) is 19.2 Å². The van der Waals surface area contributed by atoms with Gasteiger partial charge in [-0.1, -0.05) is 110 Å². The number of carbonyl (C=O) groups is 2. The summed E-state index contributed by atoms with van der Waals surface area (Å²) in [5.41, 5.74) is -1.59. The van der Waals surface area contributed by atoms with Crippen LogP contribution in [0.25, 0.3) is 0 Å². The molecule has 7 N–H and O–H groups in total. The van der Waals surface area contributed by atoms with Crippen LogP contribution >= 0.6 is 0 Å². The van der Waals surface area contributed by atoms with Crippen molar-refractivity contribution in [1.29, 1.82) is 0 Å². The molecule has 460 valence electrons. The number of hydrogen-bond acceptors (Lipinski definition) is 10. The van der Waals surface area contributed by atoms with Crippen LogP contribution in [-0.4, -0.2) is 91.1 Å². The molecule has 87 heavy (non-hydrogen) atoms. The van der Waals surface area contributed by atoms with E-state index in [0.29, 0.717) is 62.2 Å². The Hall–Kier alpha value is -4.44. The van der Waals surface area contributed by atoms with Crippen LogP contribution in [0.2, 0.25) is 0 Å². The number of aliphatic hydroxyl groups excluding tert-OH is 3. The van der Waals surface area contributed by atoms with E-state index in [4.69, 9.17) is 4.74 Å². The molecule has 0 radical (unpaired) electrons. The number of allylic oxidation sites excluding steroid dienone is 2. The first-order valence-electron chi connectivity index (χ1n) is 34.8. The largest absolute Gasteiger partial charge is 0.454 e. The number of hydrogen-bond donors (Lipinski definition) is 7. The zero-order valence-corrected chi connectivity index (χ0v) is 51.1. The topological polar surface area (TPSA) is 177 Å². The predicted octanol–water partition coefficient (Wildman–Crippen LogP) is 10.4. The Morgan fingerprint density at radius 1 is 0.736 bits per heavy atom. The molecule has 17 aliphatic rings. The van der Waals surface area contributed by atoms with E-state index in [2.05, 4.69) is 83.9 Å². The van der Waals surface area contributed by atoms with Crippen LogP contribution in [0, 0.1) is 110 Å². The minimum absolute atomic E-state index is 0.0128. The van der Waals surface area contributed by atoms with Crippen LogP contribution in [-0.2, 0) is 40.2 Å². The number of likely N-dealkylation sites (N-methyl/N-ethyl adjacent to an activating group) is 1. The highest BCUT2D eigenvalue weighted by Crippen LogP contribution is 2.81. The van der Waals surface area contributed by atoms with Gasteiger partial charge in [0, 0.05) is 57.6 Å². The zero-order valence-electron chi connectivity index (χ0n) is 51.1. The molecule has 16 aliphatic carbocycles. The molecule has 10 saturated carbocycles. The molecule has 17 bridgehead atoms. The summed E-state index contributed by atoms with van der Waals surface area (Å²) in [5.74, 6) is 5.65. The van der Waals surface area contributed by atoms with Crippen molar-refractivity contribution in [3.05, 3.63) is 129 Å². The Balaban J connectivity index is 0.906. The third-order valence-corrected chi connectivity index (χ3v) is 29.4. The SMILES string of the molecule is CN[C@H]1Cc2c(cccc2CO)C#C[C@]23CC[C@@H](Cc4cccc(c4)Cc4cccc(c4)[C@H]4CC[C@@H]5[C@H](CC[C@]56C[C@]5(C=O)[C@H]7CC[C@]8(C2)[C@H]2C9=CC(=O)O[C@@H]9[C@@H]1C[C@@H]2C[C@]8(O)[C@]7(O)[C@@H](O)[C@H]1C[C@H]2[C@H](C=CC[C@H]2C2CCCC2)C[C@@H]([C@H]6O)[C@@]15O)C4)C3. The van der Waals surface area contributed by atoms with E-state index < -0.39 is 86.4 Å². The molecule has 10 heteroatoms. The minimum Gasteiger partial charge on any atom is -0.454 e. The Bertz CT molecular complexity index is 3430. The Morgan fingerprint density at radius 2 is 1.54 bits per heavy atom. The molecule has 10 fully saturated rings. The maximum absolute atomic E-state index is 15.9. The van der Waals surface area contributed by atoms with Crippen LogP contribution in [0.1, 0.15) is 180 Å². The third kappa shape index (κ3) is 7.66. The Kier molecular flexibility index (Phi) is 13.0. The maximum Gasteiger partial charge on any atom is 0.331 e. The van der Waals surface area contributed by atoms with Gasteiger partial charge in [-0.3, -0.25) is 0 Å². The molecule has 0 unspecified atom stereocenters. The van der Waals surface area contributed by atoms with Crippen molar-refractivity contribution in [3.8, 4) is 11.8 Å². The number of ether oxygens (including phenoxy) is 1. The standard InChI is InChI=1S/C77H93NO9/c1-78-64-36-57-49(13-6-16-54(57)40-79)21-25-71-24-20-47(38-71)30-45-9-4-8-44(28-45)29-46-10-5-14-50(31-46)51-18-19-61-53(32-51)22-26-72(61)42-74(43-80)65-23-27-73(41-71)67-55(33-59(64)68-60(67)37-66(81)87-68)39-75(73,84)77(65,86)70(83)63-35-58-52(34-62(69(72)82)76(63,74)85)15-7-17-56(58)48-11-2-3-12-48/h4-10,13-16,28,31,37,43,47-48,51-53,55-56,58-59,61-65,67-70,78-79,82-86H,2-3,11-12,17-20,22-24,26-27,29-30,32-36,38-42H2,1H3/t47-,51-,52+,53+,55+,56-,58-,59+,61+,62-,63+,64-,65+,67+,68+,69+,70-,71-,72-,73-,74-,75+,76+,77+/m0/s1. The van der Waals surface area contributed by atoms with Crippen molar-refractivity contribution in [2.45, 2.75) is 208 Å². The van der Waals surface area contributed by atoms with Crippen molar-refractivity contribution in [1.82, 2.24) is 5.32 Å². The summed E-state index contributed by atoms with van der Waals surface area (Å²) in [4.78, 5) is 30.2. The molecule has 0 amide bonds. The highest BCUT2D eigenvalue weighted by Gasteiger charge is 2.88. The van der Waals surface area contributed by atoms with Gasteiger partial charge in [0.05, 0.1) is 29.8 Å². The number of benzene rings is 3. The lowest BCUT2D eigenvalue weighted by atomic mass is 9.32. The molecule has 3 aromatic rings. The average molecular weight is 1180 g/mol. The molecule has 1 heterocycles. The van der Waals surface area contributed by atoms with Crippen molar-refractivity contribution < 1.29 is 45.0 Å². The van der Waals surface area contributed by atoms with E-state index in [-0.39, 0.29) is 67.4 Å². The van der Waals surface area contributed by atoms with E-state index in [0.717, 1.165) is 112 Å². The van der Waals surface area contributed by atoms with Gasteiger partial charge in [-0.25, -0.2) is 4.79 Å². The zero-order chi connectivity index (χ0) is 59.2. The fourth-order valence-corrected chi connectivity index (χ4v) is 26.4. The second-order valence-electron chi connectivity index (χ2n) is 32.3. The van der Waals surface area contributed by atoms with Gasteiger partial charge in [-0.15, -0.1) is 0 Å². The minimum atomic E-state index is -2.29. The number of rotatable bonds is 4. The average Bonchev–Trinajstić information content (AvgIpc) is 1.62. The molecule has 3 aromatic carbocycles. The number of esters is 1. The van der Waals surface area contributed by atoms with Gasteiger partial charge in [0.1, 0.15) is 23.6 Å². The van der Waals surface area contributed by atoms with Crippen molar-refractivity contribution >= 4 is 12.3 Å². The van der Waals surface area contributed by atoms with E-state index in [1.165, 1.54) is 35.1 Å². The predicted molar refractivity (Wildman–Crippen MR) is 330 cm³/mol. The Labute approximate surface area is 514 Å². The summed E-state index contributed by atoms with van der Waals surface area (Å²) >= 11 is 0. The van der Waals surface area contributed by atoms with E-state index >= 15 is 15.0 Å². The summed E-state index contributed by atoms with van der Waals surface area (Å²) in [7, 11) is 1.96. The fraction of sp³-hybridized carbons (Fsp3) is 0.662. The lowest BCUT2D eigenvalue weighted by molar-refractivity contribution is -0.386. The van der Waals surface area contributed by atoms with Gasteiger partial charge in [0.25, 0.3) is 0 Å². The molecule has 0 aromatic heterocycles. The molecule has 24 atom stereocenters. The monoisotopic (exact) mass is 1180 g/mol. The van der Waals surface area contributed by atoms with Gasteiger partial charge >= 0.3 is 5.97 Å².